The average molecular weight is 265 g/mol. The molecule has 0 bridgehead atoms. The number of benzene rings is 1. The molecule has 3 rings (SSSR count). The summed E-state index contributed by atoms with van der Waals surface area (Å²) in [5.41, 5.74) is 2.82. The smallest absolute Gasteiger partial charge is 0.182 e. The molecule has 0 N–H and O–H groups in total. The summed E-state index contributed by atoms with van der Waals surface area (Å²) < 4.78 is 1.95. The fraction of sp³-hybridized carbons (Fsp3) is 0.133. The van der Waals surface area contributed by atoms with E-state index in [1.807, 2.05) is 29.0 Å². The molecule has 0 fully saturated rings. The number of rotatable bonds is 5. The molecule has 5 nitrogen and oxygen atoms in total. The van der Waals surface area contributed by atoms with Crippen molar-refractivity contribution in [3.8, 4) is 0 Å². The molecule has 20 heavy (non-hydrogen) atoms. The van der Waals surface area contributed by atoms with E-state index < -0.39 is 0 Å². The number of imidazole rings is 1. The average Bonchev–Trinajstić information content (AvgIpc) is 2.92. The lowest BCUT2D eigenvalue weighted by atomic mass is 10.2. The quantitative estimate of drug-likeness (QED) is 0.663. The molecule has 2 aromatic heterocycles. The van der Waals surface area contributed by atoms with Crippen molar-refractivity contribution in [2.45, 2.75) is 6.54 Å². The van der Waals surface area contributed by atoms with Crippen molar-refractivity contribution in [2.24, 2.45) is 0 Å². The minimum Gasteiger partial charge on any atom is -0.302 e. The third-order valence-electron chi connectivity index (χ3n) is 3.05. The third-order valence-corrected chi connectivity index (χ3v) is 3.05. The predicted molar refractivity (Wildman–Crippen MR) is 78.8 cm³/mol. The van der Waals surface area contributed by atoms with Gasteiger partial charge in [0.25, 0.3) is 0 Å². The Hall–Kier alpha value is -2.69. The third kappa shape index (κ3) is 2.38. The molecule has 2 heterocycles. The predicted octanol–water partition coefficient (Wildman–Crippen LogP) is 2.15. The lowest BCUT2D eigenvalue weighted by molar-refractivity contribution is 0.626. The molecule has 0 aliphatic rings. The van der Waals surface area contributed by atoms with Gasteiger partial charge in [-0.15, -0.1) is 6.58 Å². The van der Waals surface area contributed by atoms with Crippen LogP contribution in [-0.2, 0) is 6.54 Å². The number of hydrogen-bond donors (Lipinski definition) is 0. The van der Waals surface area contributed by atoms with Gasteiger partial charge in [0.15, 0.2) is 5.65 Å². The summed E-state index contributed by atoms with van der Waals surface area (Å²) in [4.78, 5) is 12.6. The second-order valence-corrected chi connectivity index (χ2v) is 4.44. The maximum atomic E-state index is 4.33. The first-order chi connectivity index (χ1) is 9.88. The highest BCUT2D eigenvalue weighted by atomic mass is 15.6. The Kier molecular flexibility index (Phi) is 3.41. The van der Waals surface area contributed by atoms with Gasteiger partial charge in [-0.2, -0.15) is 0 Å². The highest BCUT2D eigenvalue weighted by Gasteiger charge is 2.10. The van der Waals surface area contributed by atoms with Crippen LogP contribution in [0.1, 0.15) is 5.56 Å². The van der Waals surface area contributed by atoms with Gasteiger partial charge >= 0.3 is 0 Å². The van der Waals surface area contributed by atoms with Crippen LogP contribution in [0.2, 0.25) is 0 Å². The summed E-state index contributed by atoms with van der Waals surface area (Å²) in [6.07, 6.45) is 6.89. The molecule has 0 aliphatic heterocycles. The summed E-state index contributed by atoms with van der Waals surface area (Å²) in [6.45, 7) is 5.30. The maximum absolute atomic E-state index is 4.33. The van der Waals surface area contributed by atoms with Gasteiger partial charge in [-0.1, -0.05) is 36.4 Å². The summed E-state index contributed by atoms with van der Waals surface area (Å²) in [5.74, 6) is 0. The van der Waals surface area contributed by atoms with E-state index in [0.717, 1.165) is 17.7 Å². The zero-order valence-electron chi connectivity index (χ0n) is 11.1. The number of nitrogens with zero attached hydrogens (tertiary/aromatic N) is 5. The molecular formula is C15H15N5. The lowest BCUT2D eigenvalue weighted by Crippen LogP contribution is -2.33. The van der Waals surface area contributed by atoms with Crippen LogP contribution in [0.5, 0.6) is 0 Å². The van der Waals surface area contributed by atoms with Gasteiger partial charge in [-0.05, 0) is 5.56 Å². The van der Waals surface area contributed by atoms with Crippen LogP contribution in [0.3, 0.4) is 0 Å². The van der Waals surface area contributed by atoms with Crippen molar-refractivity contribution >= 4 is 11.2 Å². The summed E-state index contributed by atoms with van der Waals surface area (Å²) >= 11 is 0. The van der Waals surface area contributed by atoms with Crippen molar-refractivity contribution in [3.63, 3.8) is 0 Å². The SMILES string of the molecule is C=CCN(Cc1ccccc1)n1cnc2cncnc21. The Morgan fingerprint density at radius 2 is 2.05 bits per heavy atom. The Bertz CT molecular complexity index is 704. The molecule has 100 valence electrons. The molecule has 0 spiro atoms. The zero-order valence-corrected chi connectivity index (χ0v) is 11.1. The van der Waals surface area contributed by atoms with Crippen LogP contribution in [0, 0.1) is 0 Å². The van der Waals surface area contributed by atoms with Crippen LogP contribution in [0.4, 0.5) is 0 Å². The van der Waals surface area contributed by atoms with E-state index in [0.29, 0.717) is 6.54 Å². The van der Waals surface area contributed by atoms with E-state index in [2.05, 4.69) is 38.7 Å². The van der Waals surface area contributed by atoms with E-state index in [1.54, 1.807) is 12.5 Å². The standard InChI is InChI=1S/C15H15N5/c1-2-8-19(10-13-6-4-3-5-7-13)20-12-18-14-9-16-11-17-15(14)20/h2-7,9,11-12H,1,8,10H2. The van der Waals surface area contributed by atoms with Crippen LogP contribution < -0.4 is 5.01 Å². The van der Waals surface area contributed by atoms with Crippen molar-refractivity contribution in [1.82, 2.24) is 19.6 Å². The number of hydrogen-bond acceptors (Lipinski definition) is 4. The monoisotopic (exact) mass is 265 g/mol. The molecule has 5 heteroatoms. The van der Waals surface area contributed by atoms with E-state index in [-0.39, 0.29) is 0 Å². The van der Waals surface area contributed by atoms with Crippen LogP contribution >= 0.6 is 0 Å². The molecule has 0 saturated carbocycles. The van der Waals surface area contributed by atoms with Crippen molar-refractivity contribution in [1.29, 1.82) is 0 Å². The molecular weight excluding hydrogens is 250 g/mol. The highest BCUT2D eigenvalue weighted by Crippen LogP contribution is 2.11. The van der Waals surface area contributed by atoms with Crippen LogP contribution in [0.15, 0.2) is 61.8 Å². The second-order valence-electron chi connectivity index (χ2n) is 4.44. The second kappa shape index (κ2) is 5.52. The first-order valence-corrected chi connectivity index (χ1v) is 6.41. The topological polar surface area (TPSA) is 46.8 Å². The molecule has 0 radical (unpaired) electrons. The number of fused-ring (bicyclic) bond motifs is 1. The van der Waals surface area contributed by atoms with Gasteiger partial charge in [0.05, 0.1) is 19.3 Å². The van der Waals surface area contributed by atoms with E-state index >= 15 is 0 Å². The fourth-order valence-corrected chi connectivity index (χ4v) is 2.13. The summed E-state index contributed by atoms with van der Waals surface area (Å²) in [6, 6.07) is 10.3. The van der Waals surface area contributed by atoms with Gasteiger partial charge < -0.3 is 5.01 Å². The van der Waals surface area contributed by atoms with Gasteiger partial charge in [0, 0.05) is 0 Å². The normalized spacial score (nSPS) is 10.6. The maximum Gasteiger partial charge on any atom is 0.182 e. The van der Waals surface area contributed by atoms with Gasteiger partial charge in [-0.25, -0.2) is 19.6 Å². The molecule has 0 unspecified atom stereocenters. The minimum atomic E-state index is 0.713. The van der Waals surface area contributed by atoms with Gasteiger partial charge in [-0.3, -0.25) is 0 Å². The minimum absolute atomic E-state index is 0.713. The van der Waals surface area contributed by atoms with Crippen LogP contribution in [0.25, 0.3) is 11.2 Å². The molecule has 0 saturated heterocycles. The highest BCUT2D eigenvalue weighted by molar-refractivity contribution is 5.69. The fourth-order valence-electron chi connectivity index (χ4n) is 2.13. The Morgan fingerprint density at radius 3 is 2.85 bits per heavy atom. The molecule has 0 amide bonds. The van der Waals surface area contributed by atoms with E-state index in [1.165, 1.54) is 11.9 Å². The van der Waals surface area contributed by atoms with Crippen molar-refractivity contribution in [2.75, 3.05) is 11.6 Å². The van der Waals surface area contributed by atoms with E-state index in [9.17, 15) is 0 Å². The molecule has 0 aliphatic carbocycles. The first-order valence-electron chi connectivity index (χ1n) is 6.41. The number of aromatic nitrogens is 4. The lowest BCUT2D eigenvalue weighted by Gasteiger charge is -2.24. The summed E-state index contributed by atoms with van der Waals surface area (Å²) in [5, 5.41) is 2.13. The van der Waals surface area contributed by atoms with Crippen molar-refractivity contribution in [3.05, 3.63) is 67.4 Å². The summed E-state index contributed by atoms with van der Waals surface area (Å²) in [7, 11) is 0. The van der Waals surface area contributed by atoms with Gasteiger partial charge in [0.2, 0.25) is 0 Å². The first kappa shape index (κ1) is 12.3. The Balaban J connectivity index is 1.96. The van der Waals surface area contributed by atoms with Gasteiger partial charge in [0.1, 0.15) is 18.2 Å². The molecule has 3 aromatic rings. The molecule has 1 aromatic carbocycles. The Labute approximate surface area is 117 Å². The van der Waals surface area contributed by atoms with Crippen LogP contribution in [-0.4, -0.2) is 26.2 Å². The van der Waals surface area contributed by atoms with E-state index in [4.69, 9.17) is 0 Å². The van der Waals surface area contributed by atoms with Crippen molar-refractivity contribution < 1.29 is 0 Å². The zero-order chi connectivity index (χ0) is 13.8. The largest absolute Gasteiger partial charge is 0.302 e. The Morgan fingerprint density at radius 1 is 1.20 bits per heavy atom. The molecule has 0 atom stereocenters.